The molecule has 0 bridgehead atoms. The summed E-state index contributed by atoms with van der Waals surface area (Å²) in [7, 11) is 1.71. The highest BCUT2D eigenvalue weighted by Crippen LogP contribution is 2.36. The van der Waals surface area contributed by atoms with Gasteiger partial charge in [0.1, 0.15) is 0 Å². The summed E-state index contributed by atoms with van der Waals surface area (Å²) in [6, 6.07) is 0.312. The van der Waals surface area contributed by atoms with Gasteiger partial charge in [-0.25, -0.2) is 0 Å². The van der Waals surface area contributed by atoms with Gasteiger partial charge in [0.2, 0.25) is 0 Å². The van der Waals surface area contributed by atoms with Crippen LogP contribution in [-0.2, 0) is 11.3 Å². The van der Waals surface area contributed by atoms with Gasteiger partial charge < -0.3 is 10.1 Å². The number of hydrogen-bond donors (Lipinski definition) is 1. The predicted molar refractivity (Wildman–Crippen MR) is 82.1 cm³/mol. The van der Waals surface area contributed by atoms with Gasteiger partial charge in [0.25, 0.3) is 0 Å². The summed E-state index contributed by atoms with van der Waals surface area (Å²) in [5, 5.41) is 8.81. The van der Waals surface area contributed by atoms with Crippen molar-refractivity contribution in [3.63, 3.8) is 0 Å². The average molecular weight is 300 g/mol. The molecule has 0 saturated heterocycles. The molecule has 1 aromatic rings. The van der Waals surface area contributed by atoms with Crippen LogP contribution in [0, 0.1) is 5.92 Å². The maximum atomic E-state index is 6.38. The lowest BCUT2D eigenvalue weighted by Gasteiger charge is -2.30. The summed E-state index contributed by atoms with van der Waals surface area (Å²) in [4.78, 5) is 0. The second kappa shape index (κ2) is 8.01. The van der Waals surface area contributed by atoms with Crippen molar-refractivity contribution >= 4 is 11.6 Å². The summed E-state index contributed by atoms with van der Waals surface area (Å²) >= 11 is 6.38. The van der Waals surface area contributed by atoms with Crippen LogP contribution in [0.15, 0.2) is 6.20 Å². The molecule has 5 heteroatoms. The van der Waals surface area contributed by atoms with Crippen molar-refractivity contribution in [2.24, 2.45) is 5.92 Å². The quantitative estimate of drug-likeness (QED) is 0.759. The molecule has 20 heavy (non-hydrogen) atoms. The van der Waals surface area contributed by atoms with Gasteiger partial charge in [-0.05, 0) is 25.3 Å². The smallest absolute Gasteiger partial charge is 0.0834 e. The van der Waals surface area contributed by atoms with E-state index in [1.807, 2.05) is 4.68 Å². The van der Waals surface area contributed by atoms with E-state index in [0.29, 0.717) is 12.6 Å². The lowest BCUT2D eigenvalue weighted by atomic mass is 9.80. The number of halogens is 1. The van der Waals surface area contributed by atoms with Crippen LogP contribution in [0.5, 0.6) is 0 Å². The van der Waals surface area contributed by atoms with E-state index in [1.165, 1.54) is 25.7 Å². The van der Waals surface area contributed by atoms with E-state index in [2.05, 4.69) is 17.3 Å². The van der Waals surface area contributed by atoms with Gasteiger partial charge in [-0.15, -0.1) is 0 Å². The van der Waals surface area contributed by atoms with E-state index >= 15 is 0 Å². The first-order valence-corrected chi connectivity index (χ1v) is 8.07. The molecule has 0 amide bonds. The molecule has 2 rings (SSSR count). The lowest BCUT2D eigenvalue weighted by molar-refractivity contribution is 0.180. The number of methoxy groups -OCH3 is 1. The topological polar surface area (TPSA) is 39.1 Å². The number of nitrogens with one attached hydrogen (secondary N) is 1. The van der Waals surface area contributed by atoms with E-state index in [4.69, 9.17) is 16.3 Å². The largest absolute Gasteiger partial charge is 0.383 e. The van der Waals surface area contributed by atoms with Crippen molar-refractivity contribution in [3.8, 4) is 0 Å². The molecule has 4 nitrogen and oxygen atoms in total. The Kier molecular flexibility index (Phi) is 6.33. The fourth-order valence-electron chi connectivity index (χ4n) is 2.75. The normalized spacial score (nSPS) is 17.1. The van der Waals surface area contributed by atoms with Crippen molar-refractivity contribution in [3.05, 3.63) is 16.9 Å². The van der Waals surface area contributed by atoms with Crippen LogP contribution in [0.4, 0.5) is 0 Å². The molecule has 114 valence electrons. The summed E-state index contributed by atoms with van der Waals surface area (Å²) in [5.41, 5.74) is 1.13. The van der Waals surface area contributed by atoms with Crippen LogP contribution in [0.2, 0.25) is 5.02 Å². The lowest BCUT2D eigenvalue weighted by Crippen LogP contribution is -2.29. The van der Waals surface area contributed by atoms with Crippen molar-refractivity contribution in [1.82, 2.24) is 15.1 Å². The summed E-state index contributed by atoms with van der Waals surface area (Å²) in [5.74, 6) is 0.839. The minimum absolute atomic E-state index is 0.312. The van der Waals surface area contributed by atoms with Crippen LogP contribution in [0.25, 0.3) is 0 Å². The third-order valence-corrected chi connectivity index (χ3v) is 4.40. The Bertz CT molecular complexity index is 404. The molecule has 1 atom stereocenters. The monoisotopic (exact) mass is 299 g/mol. The Labute approximate surface area is 126 Å². The second-order valence-corrected chi connectivity index (χ2v) is 6.04. The van der Waals surface area contributed by atoms with E-state index < -0.39 is 0 Å². The fraction of sp³-hybridized carbons (Fsp3) is 0.800. The molecule has 1 saturated carbocycles. The molecule has 1 aromatic heterocycles. The van der Waals surface area contributed by atoms with Gasteiger partial charge in [0.05, 0.1) is 36.1 Å². The van der Waals surface area contributed by atoms with Gasteiger partial charge >= 0.3 is 0 Å². The highest BCUT2D eigenvalue weighted by molar-refractivity contribution is 6.31. The van der Waals surface area contributed by atoms with Crippen LogP contribution < -0.4 is 5.32 Å². The van der Waals surface area contributed by atoms with Gasteiger partial charge in [0, 0.05) is 7.11 Å². The highest BCUT2D eigenvalue weighted by atomic mass is 35.5. The number of rotatable bonds is 9. The number of ether oxygens (including phenoxy) is 1. The summed E-state index contributed by atoms with van der Waals surface area (Å²) in [6.07, 6.45) is 8.14. The molecule has 0 radical (unpaired) electrons. The fourth-order valence-corrected chi connectivity index (χ4v) is 3.02. The second-order valence-electron chi connectivity index (χ2n) is 5.63. The van der Waals surface area contributed by atoms with E-state index in [9.17, 15) is 0 Å². The molecule has 1 aliphatic carbocycles. The Hall–Kier alpha value is -0.580. The van der Waals surface area contributed by atoms with Gasteiger partial charge in [-0.2, -0.15) is 5.10 Å². The standard InChI is InChI=1S/C15H26ClN3O/c1-3-7-17-14(10-12-5-4-6-12)15-13(16)11-18-19(15)8-9-20-2/h11-12,14,17H,3-10H2,1-2H3. The minimum atomic E-state index is 0.312. The first-order chi connectivity index (χ1) is 9.76. The Balaban J connectivity index is 2.10. The molecule has 0 aliphatic heterocycles. The van der Waals surface area contributed by atoms with Gasteiger partial charge in [0.15, 0.2) is 0 Å². The average Bonchev–Trinajstić information content (AvgIpc) is 2.76. The zero-order chi connectivity index (χ0) is 14.4. The third-order valence-electron chi connectivity index (χ3n) is 4.11. The Morgan fingerprint density at radius 1 is 1.55 bits per heavy atom. The number of nitrogens with zero attached hydrogens (tertiary/aromatic N) is 2. The summed E-state index contributed by atoms with van der Waals surface area (Å²) in [6.45, 7) is 4.63. The van der Waals surface area contributed by atoms with Crippen molar-refractivity contribution < 1.29 is 4.74 Å². The van der Waals surface area contributed by atoms with Crippen LogP contribution in [-0.4, -0.2) is 30.0 Å². The first-order valence-electron chi connectivity index (χ1n) is 7.69. The summed E-state index contributed by atoms with van der Waals surface area (Å²) < 4.78 is 7.16. The molecular weight excluding hydrogens is 274 g/mol. The van der Waals surface area contributed by atoms with Crippen LogP contribution in [0.1, 0.15) is 50.8 Å². The van der Waals surface area contributed by atoms with Crippen molar-refractivity contribution in [2.75, 3.05) is 20.3 Å². The Morgan fingerprint density at radius 3 is 2.95 bits per heavy atom. The minimum Gasteiger partial charge on any atom is -0.383 e. The maximum absolute atomic E-state index is 6.38. The maximum Gasteiger partial charge on any atom is 0.0834 e. The third kappa shape index (κ3) is 3.96. The number of aromatic nitrogens is 2. The predicted octanol–water partition coefficient (Wildman–Crippen LogP) is 3.41. The van der Waals surface area contributed by atoms with Crippen LogP contribution >= 0.6 is 11.6 Å². The zero-order valence-corrected chi connectivity index (χ0v) is 13.3. The molecule has 1 heterocycles. The first kappa shape index (κ1) is 15.8. The van der Waals surface area contributed by atoms with E-state index in [0.717, 1.165) is 36.1 Å². The molecule has 0 spiro atoms. The zero-order valence-electron chi connectivity index (χ0n) is 12.6. The van der Waals surface area contributed by atoms with Crippen molar-refractivity contribution in [2.45, 2.75) is 51.6 Å². The van der Waals surface area contributed by atoms with Gasteiger partial charge in [-0.1, -0.05) is 37.8 Å². The van der Waals surface area contributed by atoms with E-state index in [1.54, 1.807) is 13.3 Å². The molecular formula is C15H26ClN3O. The van der Waals surface area contributed by atoms with E-state index in [-0.39, 0.29) is 0 Å². The SMILES string of the molecule is CCCNC(CC1CCC1)c1c(Cl)cnn1CCOC. The number of hydrogen-bond acceptors (Lipinski definition) is 3. The molecule has 1 N–H and O–H groups in total. The highest BCUT2D eigenvalue weighted by Gasteiger charge is 2.26. The molecule has 0 aromatic carbocycles. The molecule has 1 fully saturated rings. The molecule has 1 unspecified atom stereocenters. The Morgan fingerprint density at radius 2 is 2.35 bits per heavy atom. The van der Waals surface area contributed by atoms with Gasteiger partial charge in [-0.3, -0.25) is 4.68 Å². The van der Waals surface area contributed by atoms with Crippen molar-refractivity contribution in [1.29, 1.82) is 0 Å². The molecule has 1 aliphatic rings. The van der Waals surface area contributed by atoms with Crippen LogP contribution in [0.3, 0.4) is 0 Å².